The summed E-state index contributed by atoms with van der Waals surface area (Å²) in [7, 11) is 0. The molecule has 2 aromatic carbocycles. The maximum atomic E-state index is 13.1. The number of nitrogens with one attached hydrogen (secondary N) is 2. The van der Waals surface area contributed by atoms with Gasteiger partial charge in [0.25, 0.3) is 11.5 Å². The summed E-state index contributed by atoms with van der Waals surface area (Å²) in [5.74, 6) is -0.518. The number of amides is 1. The lowest BCUT2D eigenvalue weighted by Crippen LogP contribution is -2.21. The van der Waals surface area contributed by atoms with E-state index in [0.29, 0.717) is 23.9 Å². The first-order chi connectivity index (χ1) is 14.7. The van der Waals surface area contributed by atoms with Crippen LogP contribution in [0.1, 0.15) is 36.2 Å². The normalized spacial score (nSPS) is 11.5. The van der Waals surface area contributed by atoms with E-state index in [-0.39, 0.29) is 33.9 Å². The third kappa shape index (κ3) is 4.79. The van der Waals surface area contributed by atoms with Crippen LogP contribution in [0.5, 0.6) is 5.75 Å². The number of fused-ring (bicyclic) bond motifs is 1. The highest BCUT2D eigenvalue weighted by Gasteiger charge is 2.31. The highest BCUT2D eigenvalue weighted by Crippen LogP contribution is 2.35. The quantitative estimate of drug-likeness (QED) is 0.509. The fraction of sp³-hybridized carbons (Fsp3) is 0.286. The predicted molar refractivity (Wildman–Crippen MR) is 114 cm³/mol. The molecule has 3 aromatic rings. The van der Waals surface area contributed by atoms with Crippen molar-refractivity contribution in [1.82, 2.24) is 9.55 Å². The van der Waals surface area contributed by atoms with E-state index < -0.39 is 17.6 Å². The summed E-state index contributed by atoms with van der Waals surface area (Å²) in [6, 6.07) is 7.24. The number of nitrogens with zero attached hydrogens (tertiary/aromatic N) is 1. The second kappa shape index (κ2) is 8.93. The highest BCUT2D eigenvalue weighted by molar-refractivity contribution is 7.71. The third-order valence-electron chi connectivity index (χ3n) is 4.58. The monoisotopic (exact) mass is 451 g/mol. The summed E-state index contributed by atoms with van der Waals surface area (Å²) in [5.41, 5.74) is -0.789. The van der Waals surface area contributed by atoms with Gasteiger partial charge in [0.1, 0.15) is 5.75 Å². The summed E-state index contributed by atoms with van der Waals surface area (Å²) in [4.78, 5) is 28.2. The van der Waals surface area contributed by atoms with Crippen LogP contribution in [0, 0.1) is 4.77 Å². The van der Waals surface area contributed by atoms with Crippen molar-refractivity contribution in [3.05, 3.63) is 62.6 Å². The molecular formula is C21H20F3N3O3S. The number of ether oxygens (including phenoxy) is 1. The molecule has 0 aliphatic heterocycles. The van der Waals surface area contributed by atoms with Gasteiger partial charge in [-0.3, -0.25) is 14.2 Å². The number of rotatable bonds is 6. The Morgan fingerprint density at radius 3 is 2.58 bits per heavy atom. The van der Waals surface area contributed by atoms with Gasteiger partial charge in [-0.1, -0.05) is 6.92 Å². The molecule has 0 fully saturated rings. The van der Waals surface area contributed by atoms with E-state index in [1.807, 2.05) is 6.92 Å². The smallest absolute Gasteiger partial charge is 0.416 e. The molecule has 0 atom stereocenters. The molecule has 1 amide bonds. The molecule has 0 radical (unpaired) electrons. The van der Waals surface area contributed by atoms with Crippen LogP contribution < -0.4 is 15.6 Å². The molecule has 1 heterocycles. The minimum Gasteiger partial charge on any atom is -0.491 e. The van der Waals surface area contributed by atoms with Gasteiger partial charge in [-0.25, -0.2) is 0 Å². The van der Waals surface area contributed by atoms with E-state index in [1.165, 1.54) is 28.8 Å². The van der Waals surface area contributed by atoms with Crippen molar-refractivity contribution in [3.8, 4) is 5.75 Å². The van der Waals surface area contributed by atoms with Gasteiger partial charge < -0.3 is 15.0 Å². The number of H-pyrrole nitrogens is 1. The van der Waals surface area contributed by atoms with Crippen LogP contribution in [0.4, 0.5) is 18.9 Å². The number of carbonyl (C=O) groups excluding carboxylic acids is 1. The molecule has 0 aliphatic rings. The second-order valence-corrected chi connectivity index (χ2v) is 7.14. The molecule has 10 heteroatoms. The molecule has 3 rings (SSSR count). The SMILES string of the molecule is CCCOc1ccc(C(F)(F)F)cc1NC(=O)c1ccc2c(=O)n(CC)c(=S)[nH]c2c1. The van der Waals surface area contributed by atoms with E-state index in [2.05, 4.69) is 10.3 Å². The van der Waals surface area contributed by atoms with Crippen LogP contribution in [-0.4, -0.2) is 22.1 Å². The van der Waals surface area contributed by atoms with Crippen LogP contribution in [0.3, 0.4) is 0 Å². The van der Waals surface area contributed by atoms with E-state index in [4.69, 9.17) is 17.0 Å². The Kier molecular flexibility index (Phi) is 6.49. The molecule has 6 nitrogen and oxygen atoms in total. The second-order valence-electron chi connectivity index (χ2n) is 6.75. The zero-order valence-electron chi connectivity index (χ0n) is 16.8. The molecule has 0 saturated carbocycles. The Hall–Kier alpha value is -3.14. The number of anilines is 1. The molecule has 0 spiro atoms. The first-order valence-electron chi connectivity index (χ1n) is 9.58. The Balaban J connectivity index is 1.99. The van der Waals surface area contributed by atoms with Gasteiger partial charge in [-0.15, -0.1) is 0 Å². The Bertz CT molecular complexity index is 1250. The fourth-order valence-corrected chi connectivity index (χ4v) is 3.34. The summed E-state index contributed by atoms with van der Waals surface area (Å²) in [6.07, 6.45) is -3.92. The lowest BCUT2D eigenvalue weighted by Gasteiger charge is -2.15. The fourth-order valence-electron chi connectivity index (χ4n) is 3.02. The third-order valence-corrected chi connectivity index (χ3v) is 4.90. The zero-order valence-corrected chi connectivity index (χ0v) is 17.6. The Morgan fingerprint density at radius 2 is 1.94 bits per heavy atom. The minimum absolute atomic E-state index is 0.0947. The number of hydrogen-bond acceptors (Lipinski definition) is 4. The van der Waals surface area contributed by atoms with E-state index in [1.54, 1.807) is 6.92 Å². The summed E-state index contributed by atoms with van der Waals surface area (Å²) < 4.78 is 46.4. The van der Waals surface area contributed by atoms with Gasteiger partial charge in [-0.2, -0.15) is 13.2 Å². The van der Waals surface area contributed by atoms with Crippen LogP contribution in [-0.2, 0) is 12.7 Å². The first-order valence-corrected chi connectivity index (χ1v) is 9.98. The first kappa shape index (κ1) is 22.5. The van der Waals surface area contributed by atoms with Crippen molar-refractivity contribution in [1.29, 1.82) is 0 Å². The van der Waals surface area contributed by atoms with E-state index in [9.17, 15) is 22.8 Å². The Morgan fingerprint density at radius 1 is 1.19 bits per heavy atom. The van der Waals surface area contributed by atoms with Gasteiger partial charge in [0.2, 0.25) is 0 Å². The highest BCUT2D eigenvalue weighted by atomic mass is 32.1. The minimum atomic E-state index is -4.57. The number of alkyl halides is 3. The maximum Gasteiger partial charge on any atom is 0.416 e. The molecule has 164 valence electrons. The predicted octanol–water partition coefficient (Wildman–Crippen LogP) is 5.14. The van der Waals surface area contributed by atoms with Crippen molar-refractivity contribution in [2.24, 2.45) is 0 Å². The molecule has 0 saturated heterocycles. The van der Waals surface area contributed by atoms with Crippen LogP contribution >= 0.6 is 12.2 Å². The van der Waals surface area contributed by atoms with Gasteiger partial charge >= 0.3 is 6.18 Å². The number of hydrogen-bond donors (Lipinski definition) is 2. The molecule has 1 aromatic heterocycles. The lowest BCUT2D eigenvalue weighted by atomic mass is 10.1. The van der Waals surface area contributed by atoms with Crippen LogP contribution in [0.2, 0.25) is 0 Å². The number of aromatic nitrogens is 2. The van der Waals surface area contributed by atoms with Crippen LogP contribution in [0.25, 0.3) is 10.9 Å². The summed E-state index contributed by atoms with van der Waals surface area (Å²) >= 11 is 5.17. The Labute approximate surface area is 180 Å². The van der Waals surface area contributed by atoms with E-state index in [0.717, 1.165) is 12.1 Å². The van der Waals surface area contributed by atoms with Crippen molar-refractivity contribution < 1.29 is 22.7 Å². The maximum absolute atomic E-state index is 13.1. The van der Waals surface area contributed by atoms with Crippen molar-refractivity contribution >= 4 is 34.7 Å². The van der Waals surface area contributed by atoms with Gasteiger partial charge in [0.05, 0.1) is 28.8 Å². The van der Waals surface area contributed by atoms with Crippen LogP contribution in [0.15, 0.2) is 41.2 Å². The largest absolute Gasteiger partial charge is 0.491 e. The standard InChI is InChI=1S/C21H20F3N3O3S/c1-3-9-30-17-8-6-13(21(22,23)24)11-16(17)25-18(28)12-5-7-14-15(10-12)26-20(31)27(4-2)19(14)29/h5-8,10-11H,3-4,9H2,1-2H3,(H,25,28)(H,26,31). The molecule has 0 aliphatic carbocycles. The lowest BCUT2D eigenvalue weighted by molar-refractivity contribution is -0.137. The average Bonchev–Trinajstić information content (AvgIpc) is 2.72. The molecule has 0 bridgehead atoms. The van der Waals surface area contributed by atoms with Crippen molar-refractivity contribution in [2.45, 2.75) is 33.0 Å². The topological polar surface area (TPSA) is 76.1 Å². The van der Waals surface area contributed by atoms with Crippen molar-refractivity contribution in [3.63, 3.8) is 0 Å². The molecule has 31 heavy (non-hydrogen) atoms. The van der Waals surface area contributed by atoms with Gasteiger partial charge in [0, 0.05) is 12.1 Å². The number of halogens is 3. The number of aromatic amines is 1. The van der Waals surface area contributed by atoms with Gasteiger partial charge in [-0.05, 0) is 62.0 Å². The molecule has 0 unspecified atom stereocenters. The van der Waals surface area contributed by atoms with Gasteiger partial charge in [0.15, 0.2) is 4.77 Å². The average molecular weight is 451 g/mol. The van der Waals surface area contributed by atoms with Crippen molar-refractivity contribution in [2.75, 3.05) is 11.9 Å². The summed E-state index contributed by atoms with van der Waals surface area (Å²) in [5, 5.41) is 2.82. The number of carbonyl (C=O) groups is 1. The summed E-state index contributed by atoms with van der Waals surface area (Å²) in [6.45, 7) is 4.31. The number of benzene rings is 2. The zero-order chi connectivity index (χ0) is 22.8. The molecular weight excluding hydrogens is 431 g/mol. The molecule has 2 N–H and O–H groups in total. The van der Waals surface area contributed by atoms with E-state index >= 15 is 0 Å².